The number of piperazine rings is 1. The molecular formula is C17H23N3O4. The largest absolute Gasteiger partial charge is 0.491 e. The Bertz CT molecular complexity index is 605. The highest BCUT2D eigenvalue weighted by molar-refractivity contribution is 6.39. The standard InChI is InChI=1S/C17H23N3O4/c1-12(2)24-15-6-4-14(5-7-15)18-16(22)17(23)20-10-8-19(9-11-20)13(3)21/h4-7,12H,8-11H2,1-3H3,(H,18,22). The van der Waals surface area contributed by atoms with Crippen molar-refractivity contribution in [2.45, 2.75) is 26.9 Å². The third-order valence-corrected chi connectivity index (χ3v) is 3.69. The summed E-state index contributed by atoms with van der Waals surface area (Å²) in [6.07, 6.45) is 0.0701. The maximum atomic E-state index is 12.2. The van der Waals surface area contributed by atoms with Crippen LogP contribution in [0, 0.1) is 0 Å². The minimum absolute atomic E-state index is 0.0183. The lowest BCUT2D eigenvalue weighted by molar-refractivity contribution is -0.145. The number of hydrogen-bond acceptors (Lipinski definition) is 4. The molecule has 0 saturated carbocycles. The third kappa shape index (κ3) is 4.71. The molecule has 0 spiro atoms. The van der Waals surface area contributed by atoms with Crippen LogP contribution in [0.4, 0.5) is 5.69 Å². The first kappa shape index (κ1) is 17.8. The van der Waals surface area contributed by atoms with E-state index in [9.17, 15) is 14.4 Å². The first-order valence-electron chi connectivity index (χ1n) is 7.99. The Morgan fingerprint density at radius 1 is 1.00 bits per heavy atom. The van der Waals surface area contributed by atoms with Crippen LogP contribution in [0.15, 0.2) is 24.3 Å². The van der Waals surface area contributed by atoms with Gasteiger partial charge in [0, 0.05) is 38.8 Å². The summed E-state index contributed by atoms with van der Waals surface area (Å²) in [5, 5.41) is 2.59. The number of hydrogen-bond donors (Lipinski definition) is 1. The molecule has 0 unspecified atom stereocenters. The quantitative estimate of drug-likeness (QED) is 0.840. The summed E-state index contributed by atoms with van der Waals surface area (Å²) in [7, 11) is 0. The van der Waals surface area contributed by atoms with Crippen LogP contribution >= 0.6 is 0 Å². The Balaban J connectivity index is 1.88. The molecular weight excluding hydrogens is 310 g/mol. The second-order valence-corrected chi connectivity index (χ2v) is 5.94. The van der Waals surface area contributed by atoms with Gasteiger partial charge < -0.3 is 19.9 Å². The highest BCUT2D eigenvalue weighted by Gasteiger charge is 2.26. The molecule has 3 amide bonds. The van der Waals surface area contributed by atoms with Crippen LogP contribution in [0.5, 0.6) is 5.75 Å². The van der Waals surface area contributed by atoms with Crippen LogP contribution in [0.25, 0.3) is 0 Å². The van der Waals surface area contributed by atoms with Gasteiger partial charge in [-0.25, -0.2) is 0 Å². The Hall–Kier alpha value is -2.57. The van der Waals surface area contributed by atoms with Gasteiger partial charge in [0.2, 0.25) is 5.91 Å². The van der Waals surface area contributed by atoms with Gasteiger partial charge in [-0.3, -0.25) is 14.4 Å². The molecule has 7 heteroatoms. The Labute approximate surface area is 141 Å². The van der Waals surface area contributed by atoms with Crippen molar-refractivity contribution in [3.63, 3.8) is 0 Å². The lowest BCUT2D eigenvalue weighted by Gasteiger charge is -2.33. The summed E-state index contributed by atoms with van der Waals surface area (Å²) in [4.78, 5) is 38.7. The first-order valence-corrected chi connectivity index (χ1v) is 7.99. The molecule has 0 aromatic heterocycles. The fraction of sp³-hybridized carbons (Fsp3) is 0.471. The monoisotopic (exact) mass is 333 g/mol. The van der Waals surface area contributed by atoms with Crippen molar-refractivity contribution in [3.05, 3.63) is 24.3 Å². The number of rotatable bonds is 3. The summed E-state index contributed by atoms with van der Waals surface area (Å²) >= 11 is 0. The molecule has 1 saturated heterocycles. The summed E-state index contributed by atoms with van der Waals surface area (Å²) < 4.78 is 5.53. The van der Waals surface area contributed by atoms with E-state index in [0.717, 1.165) is 0 Å². The Kier molecular flexibility index (Phi) is 5.78. The minimum Gasteiger partial charge on any atom is -0.491 e. The van der Waals surface area contributed by atoms with Crippen molar-refractivity contribution in [1.82, 2.24) is 9.80 Å². The molecule has 1 aromatic carbocycles. The smallest absolute Gasteiger partial charge is 0.313 e. The number of carbonyl (C=O) groups excluding carboxylic acids is 3. The zero-order valence-electron chi connectivity index (χ0n) is 14.2. The van der Waals surface area contributed by atoms with E-state index in [-0.39, 0.29) is 12.0 Å². The number of carbonyl (C=O) groups is 3. The Morgan fingerprint density at radius 3 is 2.04 bits per heavy atom. The van der Waals surface area contributed by atoms with Crippen molar-refractivity contribution < 1.29 is 19.1 Å². The summed E-state index contributed by atoms with van der Waals surface area (Å²) in [6.45, 7) is 7.00. The average molecular weight is 333 g/mol. The van der Waals surface area contributed by atoms with Gasteiger partial charge in [-0.15, -0.1) is 0 Å². The van der Waals surface area contributed by atoms with Crippen molar-refractivity contribution in [2.24, 2.45) is 0 Å². The highest BCUT2D eigenvalue weighted by Crippen LogP contribution is 2.17. The molecule has 130 valence electrons. The van der Waals surface area contributed by atoms with Crippen molar-refractivity contribution >= 4 is 23.4 Å². The molecule has 0 aliphatic carbocycles. The van der Waals surface area contributed by atoms with Gasteiger partial charge in [-0.2, -0.15) is 0 Å². The lowest BCUT2D eigenvalue weighted by atomic mass is 10.2. The molecule has 1 heterocycles. The van der Waals surface area contributed by atoms with Gasteiger partial charge in [-0.1, -0.05) is 0 Å². The number of amides is 3. The van der Waals surface area contributed by atoms with E-state index in [4.69, 9.17) is 4.74 Å². The second kappa shape index (κ2) is 7.81. The number of anilines is 1. The number of benzene rings is 1. The normalized spacial score (nSPS) is 14.5. The highest BCUT2D eigenvalue weighted by atomic mass is 16.5. The maximum absolute atomic E-state index is 12.2. The van der Waals surface area contributed by atoms with Gasteiger partial charge in [0.25, 0.3) is 0 Å². The molecule has 1 aromatic rings. The van der Waals surface area contributed by atoms with Crippen LogP contribution in [0.1, 0.15) is 20.8 Å². The summed E-state index contributed by atoms with van der Waals surface area (Å²) in [5.74, 6) is -0.575. The molecule has 1 N–H and O–H groups in total. The van der Waals surface area contributed by atoms with Gasteiger partial charge >= 0.3 is 11.8 Å². The molecule has 1 aliphatic heterocycles. The van der Waals surface area contributed by atoms with Crippen LogP contribution in [-0.4, -0.2) is 59.8 Å². The fourth-order valence-corrected chi connectivity index (χ4v) is 2.44. The fourth-order valence-electron chi connectivity index (χ4n) is 2.44. The number of nitrogens with zero attached hydrogens (tertiary/aromatic N) is 2. The van der Waals surface area contributed by atoms with Gasteiger partial charge in [0.05, 0.1) is 6.10 Å². The topological polar surface area (TPSA) is 79.0 Å². The van der Waals surface area contributed by atoms with Crippen molar-refractivity contribution in [1.29, 1.82) is 0 Å². The van der Waals surface area contributed by atoms with Gasteiger partial charge in [0.1, 0.15) is 5.75 Å². The average Bonchev–Trinajstić information content (AvgIpc) is 2.55. The van der Waals surface area contributed by atoms with Crippen molar-refractivity contribution in [3.8, 4) is 5.75 Å². The SMILES string of the molecule is CC(=O)N1CCN(C(=O)C(=O)Nc2ccc(OC(C)C)cc2)CC1. The summed E-state index contributed by atoms with van der Waals surface area (Å²) in [6, 6.07) is 6.87. The zero-order chi connectivity index (χ0) is 17.7. The summed E-state index contributed by atoms with van der Waals surface area (Å²) in [5.41, 5.74) is 0.534. The molecule has 0 bridgehead atoms. The van der Waals surface area contributed by atoms with Gasteiger partial charge in [0.15, 0.2) is 0 Å². The molecule has 2 rings (SSSR count). The lowest BCUT2D eigenvalue weighted by Crippen LogP contribution is -2.52. The van der Waals surface area contributed by atoms with E-state index in [2.05, 4.69) is 5.32 Å². The predicted molar refractivity (Wildman–Crippen MR) is 89.7 cm³/mol. The molecule has 7 nitrogen and oxygen atoms in total. The number of ether oxygens (including phenoxy) is 1. The number of nitrogens with one attached hydrogen (secondary N) is 1. The van der Waals surface area contributed by atoms with Crippen LogP contribution in [0.3, 0.4) is 0 Å². The van der Waals surface area contributed by atoms with Crippen molar-refractivity contribution in [2.75, 3.05) is 31.5 Å². The molecule has 1 fully saturated rings. The van der Waals surface area contributed by atoms with E-state index in [1.807, 2.05) is 13.8 Å². The Morgan fingerprint density at radius 2 is 1.54 bits per heavy atom. The van der Waals surface area contributed by atoms with Crippen LogP contribution in [0.2, 0.25) is 0 Å². The second-order valence-electron chi connectivity index (χ2n) is 5.94. The first-order chi connectivity index (χ1) is 11.4. The molecule has 1 aliphatic rings. The van der Waals surface area contributed by atoms with E-state index >= 15 is 0 Å². The maximum Gasteiger partial charge on any atom is 0.313 e. The van der Waals surface area contributed by atoms with Crippen LogP contribution < -0.4 is 10.1 Å². The van der Waals surface area contributed by atoms with Gasteiger partial charge in [-0.05, 0) is 38.1 Å². The van der Waals surface area contributed by atoms with E-state index in [1.54, 1.807) is 29.2 Å². The predicted octanol–water partition coefficient (Wildman–Crippen LogP) is 1.10. The van der Waals surface area contributed by atoms with E-state index < -0.39 is 11.8 Å². The zero-order valence-corrected chi connectivity index (χ0v) is 14.2. The molecule has 0 atom stereocenters. The van der Waals surface area contributed by atoms with E-state index in [1.165, 1.54) is 11.8 Å². The molecule has 0 radical (unpaired) electrons. The third-order valence-electron chi connectivity index (χ3n) is 3.69. The minimum atomic E-state index is -0.677. The molecule has 24 heavy (non-hydrogen) atoms. The van der Waals surface area contributed by atoms with E-state index in [0.29, 0.717) is 37.6 Å². The van der Waals surface area contributed by atoms with Crippen LogP contribution in [-0.2, 0) is 14.4 Å².